The molecule has 8 nitrogen and oxygen atoms in total. The van der Waals surface area contributed by atoms with E-state index in [4.69, 9.17) is 46.4 Å². The number of hydrogen-bond acceptors (Lipinski definition) is 5. The minimum Gasteiger partial charge on any atom is -0.500 e. The Bertz CT molecular complexity index is 1690. The molecule has 1 atom stereocenters. The van der Waals surface area contributed by atoms with Crippen molar-refractivity contribution in [3.05, 3.63) is 91.7 Å². The average Bonchev–Trinajstić information content (AvgIpc) is 3.50. The summed E-state index contributed by atoms with van der Waals surface area (Å²) in [4.78, 5) is 13.3. The first-order valence-electron chi connectivity index (χ1n) is 17.1. The van der Waals surface area contributed by atoms with E-state index in [1.165, 1.54) is 87.4 Å². The molecule has 2 aromatic carbocycles. The summed E-state index contributed by atoms with van der Waals surface area (Å²) in [6, 6.07) is 12.9. The lowest BCUT2D eigenvalue weighted by Gasteiger charge is -2.25. The largest absolute Gasteiger partial charge is 0.500 e. The van der Waals surface area contributed by atoms with E-state index in [0.717, 1.165) is 22.2 Å². The van der Waals surface area contributed by atoms with Gasteiger partial charge in [-0.15, -0.1) is 11.6 Å². The van der Waals surface area contributed by atoms with Crippen LogP contribution in [-0.2, 0) is 6.42 Å². The number of benzene rings is 2. The smallest absolute Gasteiger partial charge is 0.315 e. The Morgan fingerprint density at radius 3 is 2.06 bits per heavy atom. The van der Waals surface area contributed by atoms with Crippen LogP contribution in [0.5, 0.6) is 17.5 Å². The Kier molecular flexibility index (Phi) is 15.2. The van der Waals surface area contributed by atoms with Crippen molar-refractivity contribution in [2.45, 2.75) is 102 Å². The molecule has 2 heterocycles. The van der Waals surface area contributed by atoms with Gasteiger partial charge in [-0.2, -0.15) is 4.68 Å². The van der Waals surface area contributed by atoms with E-state index in [9.17, 15) is 20.1 Å². The number of aromatic nitrogens is 3. The van der Waals surface area contributed by atoms with Crippen molar-refractivity contribution in [3.8, 4) is 23.2 Å². The molecule has 1 unspecified atom stereocenters. The molecule has 4 aromatic rings. The molecule has 0 bridgehead atoms. The molecule has 12 heteroatoms. The molecule has 0 radical (unpaired) electrons. The molecule has 0 fully saturated rings. The Morgan fingerprint density at radius 1 is 0.837 bits per heavy atom. The summed E-state index contributed by atoms with van der Waals surface area (Å²) in [7, 11) is 0. The van der Waals surface area contributed by atoms with Crippen molar-refractivity contribution in [1.82, 2.24) is 14.5 Å². The summed E-state index contributed by atoms with van der Waals surface area (Å²) < 4.78 is 2.06. The third kappa shape index (κ3) is 10.4. The summed E-state index contributed by atoms with van der Waals surface area (Å²) in [5.74, 6) is -1.52. The van der Waals surface area contributed by atoms with E-state index >= 15 is 0 Å². The third-order valence-corrected chi connectivity index (χ3v) is 9.62. The van der Waals surface area contributed by atoms with Crippen molar-refractivity contribution in [1.29, 1.82) is 0 Å². The number of para-hydroxylation sites is 1. The highest BCUT2D eigenvalue weighted by atomic mass is 35.5. The fraction of sp³-hybridized carbons (Fsp3) is 0.432. The van der Waals surface area contributed by atoms with Crippen molar-refractivity contribution in [3.63, 3.8) is 0 Å². The molecule has 0 saturated heterocycles. The Balaban J connectivity index is 1.41. The van der Waals surface area contributed by atoms with Gasteiger partial charge in [0.25, 0.3) is 0 Å². The zero-order valence-corrected chi connectivity index (χ0v) is 30.9. The Labute approximate surface area is 308 Å². The van der Waals surface area contributed by atoms with Crippen LogP contribution in [0.3, 0.4) is 0 Å². The summed E-state index contributed by atoms with van der Waals surface area (Å²) in [6.45, 7) is 2.25. The summed E-state index contributed by atoms with van der Waals surface area (Å²) in [5.41, 5.74) is 0.00646. The fourth-order valence-corrected chi connectivity index (χ4v) is 7.14. The monoisotopic (exact) mass is 750 g/mol. The first-order chi connectivity index (χ1) is 23.6. The topological polar surface area (TPSA) is 107 Å². The molecular weight excluding hydrogens is 706 g/mol. The summed E-state index contributed by atoms with van der Waals surface area (Å²) in [5, 5.41) is 37.8. The number of allylic oxidation sites excluding steroid dienone is 2. The van der Waals surface area contributed by atoms with E-state index in [1.807, 2.05) is 0 Å². The van der Waals surface area contributed by atoms with Crippen LogP contribution in [0.25, 0.3) is 5.69 Å². The first kappa shape index (κ1) is 38.6. The molecule has 0 saturated carbocycles. The van der Waals surface area contributed by atoms with Gasteiger partial charge in [-0.1, -0.05) is 130 Å². The molecule has 4 N–H and O–H groups in total. The number of H-pyrrole nitrogens is 1. The van der Waals surface area contributed by atoms with Gasteiger partial charge in [0.1, 0.15) is 5.69 Å². The maximum absolute atomic E-state index is 13.3. The van der Waals surface area contributed by atoms with Gasteiger partial charge in [-0.25, -0.2) is 9.69 Å². The molecule has 2 aromatic heterocycles. The quantitative estimate of drug-likeness (QED) is 0.0409. The lowest BCUT2D eigenvalue weighted by molar-refractivity contribution is 0.376. The van der Waals surface area contributed by atoms with Crippen molar-refractivity contribution < 1.29 is 15.3 Å². The second-order valence-electron chi connectivity index (χ2n) is 12.3. The van der Waals surface area contributed by atoms with E-state index in [2.05, 4.69) is 24.2 Å². The van der Waals surface area contributed by atoms with E-state index in [0.29, 0.717) is 17.7 Å². The number of nitrogens with zero attached hydrogens (tertiary/aromatic N) is 3. The molecule has 4 rings (SSSR count). The van der Waals surface area contributed by atoms with Gasteiger partial charge < -0.3 is 15.3 Å². The van der Waals surface area contributed by atoms with Crippen molar-refractivity contribution >= 4 is 57.9 Å². The second-order valence-corrected chi connectivity index (χ2v) is 14.2. The van der Waals surface area contributed by atoms with Crippen LogP contribution in [0.2, 0.25) is 15.1 Å². The number of halogens is 4. The van der Waals surface area contributed by atoms with Crippen LogP contribution in [0.15, 0.2) is 65.5 Å². The zero-order valence-electron chi connectivity index (χ0n) is 27.9. The van der Waals surface area contributed by atoms with Crippen molar-refractivity contribution in [2.24, 2.45) is 0 Å². The van der Waals surface area contributed by atoms with Gasteiger partial charge in [0, 0.05) is 22.0 Å². The predicted molar refractivity (Wildman–Crippen MR) is 203 cm³/mol. The lowest BCUT2D eigenvalue weighted by Crippen LogP contribution is -2.24. The highest BCUT2D eigenvalue weighted by Gasteiger charge is 2.29. The highest BCUT2D eigenvalue weighted by Crippen LogP contribution is 2.40. The van der Waals surface area contributed by atoms with Gasteiger partial charge in [-0.05, 0) is 56.4 Å². The number of aromatic hydroxyl groups is 3. The summed E-state index contributed by atoms with van der Waals surface area (Å²) >= 11 is 25.5. The Hall–Kier alpha value is -3.17. The molecule has 49 heavy (non-hydrogen) atoms. The van der Waals surface area contributed by atoms with Crippen LogP contribution in [0.4, 0.5) is 11.5 Å². The fourth-order valence-electron chi connectivity index (χ4n) is 5.86. The van der Waals surface area contributed by atoms with Crippen LogP contribution >= 0.6 is 46.4 Å². The number of hydrogen-bond donors (Lipinski definition) is 4. The van der Waals surface area contributed by atoms with E-state index in [-0.39, 0.29) is 50.1 Å². The SMILES string of the molecule is CCCCCCCCCCCCC=CCCC(Cl)Cc1cc(O)n(N(c2ccccc2)c2[nH]n(-c3c(Cl)cc(Cl)cc3Cl)c(=O)c2O)c1O. The van der Waals surface area contributed by atoms with E-state index < -0.39 is 11.3 Å². The average molecular weight is 753 g/mol. The number of rotatable bonds is 20. The lowest BCUT2D eigenvalue weighted by atomic mass is 10.1. The van der Waals surface area contributed by atoms with Gasteiger partial charge in [0.15, 0.2) is 5.82 Å². The van der Waals surface area contributed by atoms with Gasteiger partial charge in [0.05, 0.1) is 15.7 Å². The minimum absolute atomic E-state index is 0.0643. The molecule has 266 valence electrons. The minimum atomic E-state index is -0.865. The number of nitrogens with one attached hydrogen (secondary N) is 1. The van der Waals surface area contributed by atoms with E-state index in [1.54, 1.807) is 30.3 Å². The van der Waals surface area contributed by atoms with Crippen molar-refractivity contribution in [2.75, 3.05) is 5.01 Å². The molecule has 0 spiro atoms. The van der Waals surface area contributed by atoms with Crippen LogP contribution in [-0.4, -0.2) is 35.2 Å². The molecule has 0 aliphatic heterocycles. The van der Waals surface area contributed by atoms with Crippen LogP contribution in [0.1, 0.15) is 96.0 Å². The number of unbranched alkanes of at least 4 members (excludes halogenated alkanes) is 10. The van der Waals surface area contributed by atoms with Gasteiger partial charge in [0.2, 0.25) is 17.5 Å². The number of alkyl halides is 1. The predicted octanol–water partition coefficient (Wildman–Crippen LogP) is 11.4. The number of aromatic amines is 1. The van der Waals surface area contributed by atoms with Crippen LogP contribution < -0.4 is 10.6 Å². The van der Waals surface area contributed by atoms with Gasteiger partial charge >= 0.3 is 5.56 Å². The first-order valence-corrected chi connectivity index (χ1v) is 18.7. The molecule has 0 aliphatic rings. The standard InChI is InChI=1S/C37H46Cl4N4O4/c1-2-3-4-5-6-7-8-9-10-11-12-13-14-16-19-27(38)22-26-23-32(46)45(36(26)48)44(29-20-17-15-18-21-29)35-34(47)37(49)43(42-35)33-30(40)24-28(39)25-31(33)41/h13-15,17-18,20-21,23-25,27,42,46-48H,2-12,16,19,22H2,1H3. The maximum atomic E-state index is 13.3. The number of anilines is 2. The normalized spacial score (nSPS) is 12.3. The molecular formula is C37H46Cl4N4O4. The van der Waals surface area contributed by atoms with Crippen LogP contribution in [0, 0.1) is 0 Å². The summed E-state index contributed by atoms with van der Waals surface area (Å²) in [6.07, 6.45) is 20.4. The highest BCUT2D eigenvalue weighted by molar-refractivity contribution is 6.40. The zero-order chi connectivity index (χ0) is 35.3. The van der Waals surface area contributed by atoms with Gasteiger partial charge in [-0.3, -0.25) is 9.89 Å². The third-order valence-electron chi connectivity index (χ3n) is 8.45. The maximum Gasteiger partial charge on any atom is 0.315 e. The Morgan fingerprint density at radius 2 is 1.43 bits per heavy atom. The molecule has 0 aliphatic carbocycles. The second kappa shape index (κ2) is 19.3. The molecule has 0 amide bonds.